The molecule has 1 amide bonds. The first-order chi connectivity index (χ1) is 10.0. The number of pyridine rings is 1. The van der Waals surface area contributed by atoms with Crippen molar-refractivity contribution in [2.24, 2.45) is 0 Å². The molecule has 1 aromatic carbocycles. The van der Waals surface area contributed by atoms with Gasteiger partial charge in [0.15, 0.2) is 0 Å². The number of aromatic nitrogens is 1. The van der Waals surface area contributed by atoms with E-state index in [1.165, 1.54) is 0 Å². The number of amides is 1. The third-order valence-corrected chi connectivity index (χ3v) is 3.37. The Morgan fingerprint density at radius 2 is 2.10 bits per heavy atom. The van der Waals surface area contributed by atoms with E-state index in [2.05, 4.69) is 31.5 Å². The normalized spacial score (nSPS) is 10.1. The number of nitrogens with zero attached hydrogens (tertiary/aromatic N) is 1. The molecule has 0 bridgehead atoms. The van der Waals surface area contributed by atoms with Gasteiger partial charge >= 0.3 is 0 Å². The Morgan fingerprint density at radius 3 is 2.76 bits per heavy atom. The summed E-state index contributed by atoms with van der Waals surface area (Å²) in [5.74, 6) is 0.877. The lowest BCUT2D eigenvalue weighted by atomic mass is 10.2. The van der Waals surface area contributed by atoms with Crippen molar-refractivity contribution in [3.63, 3.8) is 0 Å². The SMILES string of the molecule is CNc1ncc(Br)cc1C(=O)Nc1cc(C)ccc1OC. The van der Waals surface area contributed by atoms with Crippen LogP contribution in [0.5, 0.6) is 5.75 Å². The quantitative estimate of drug-likeness (QED) is 0.887. The molecule has 5 nitrogen and oxygen atoms in total. The highest BCUT2D eigenvalue weighted by Gasteiger charge is 2.15. The van der Waals surface area contributed by atoms with Gasteiger partial charge in [-0.1, -0.05) is 6.07 Å². The molecular formula is C15H16BrN3O2. The number of nitrogens with one attached hydrogen (secondary N) is 2. The van der Waals surface area contributed by atoms with Gasteiger partial charge in [-0.3, -0.25) is 4.79 Å². The van der Waals surface area contributed by atoms with Crippen molar-refractivity contribution < 1.29 is 9.53 Å². The van der Waals surface area contributed by atoms with Crippen LogP contribution in [-0.4, -0.2) is 25.0 Å². The van der Waals surface area contributed by atoms with Crippen molar-refractivity contribution in [2.75, 3.05) is 24.8 Å². The van der Waals surface area contributed by atoms with E-state index in [1.807, 2.05) is 25.1 Å². The zero-order valence-electron chi connectivity index (χ0n) is 12.0. The van der Waals surface area contributed by atoms with E-state index in [9.17, 15) is 4.79 Å². The molecule has 0 spiro atoms. The zero-order chi connectivity index (χ0) is 15.4. The third-order valence-electron chi connectivity index (χ3n) is 2.94. The zero-order valence-corrected chi connectivity index (χ0v) is 13.6. The highest BCUT2D eigenvalue weighted by molar-refractivity contribution is 9.10. The van der Waals surface area contributed by atoms with E-state index in [4.69, 9.17) is 4.74 Å². The smallest absolute Gasteiger partial charge is 0.259 e. The van der Waals surface area contributed by atoms with Gasteiger partial charge in [0.05, 0.1) is 18.4 Å². The lowest BCUT2D eigenvalue weighted by Crippen LogP contribution is -2.15. The first kappa shape index (κ1) is 15.3. The Kier molecular flexibility index (Phi) is 4.80. The van der Waals surface area contributed by atoms with Crippen LogP contribution in [0, 0.1) is 6.92 Å². The number of hydrogen-bond acceptors (Lipinski definition) is 4. The van der Waals surface area contributed by atoms with Crippen molar-refractivity contribution in [1.82, 2.24) is 4.98 Å². The Morgan fingerprint density at radius 1 is 1.33 bits per heavy atom. The van der Waals surface area contributed by atoms with Crippen molar-refractivity contribution in [3.8, 4) is 5.75 Å². The fraction of sp³-hybridized carbons (Fsp3) is 0.200. The fourth-order valence-electron chi connectivity index (χ4n) is 1.92. The Balaban J connectivity index is 2.34. The fourth-order valence-corrected chi connectivity index (χ4v) is 2.25. The van der Waals surface area contributed by atoms with Gasteiger partial charge < -0.3 is 15.4 Å². The number of anilines is 2. The molecular weight excluding hydrogens is 334 g/mol. The maximum Gasteiger partial charge on any atom is 0.259 e. The number of rotatable bonds is 4. The summed E-state index contributed by atoms with van der Waals surface area (Å²) in [6, 6.07) is 7.33. The maximum absolute atomic E-state index is 12.5. The van der Waals surface area contributed by atoms with Crippen LogP contribution in [0.2, 0.25) is 0 Å². The summed E-state index contributed by atoms with van der Waals surface area (Å²) in [5.41, 5.74) is 2.12. The van der Waals surface area contributed by atoms with E-state index in [0.29, 0.717) is 22.8 Å². The van der Waals surface area contributed by atoms with Crippen LogP contribution in [0.25, 0.3) is 0 Å². The second kappa shape index (κ2) is 6.58. The molecule has 0 aliphatic heterocycles. The Bertz CT molecular complexity index is 674. The summed E-state index contributed by atoms with van der Waals surface area (Å²) in [6.45, 7) is 1.95. The molecule has 0 saturated carbocycles. The number of carbonyl (C=O) groups excluding carboxylic acids is 1. The predicted molar refractivity (Wildman–Crippen MR) is 87.2 cm³/mol. The molecule has 1 aromatic heterocycles. The summed E-state index contributed by atoms with van der Waals surface area (Å²) in [7, 11) is 3.29. The van der Waals surface area contributed by atoms with Gasteiger partial charge in [-0.15, -0.1) is 0 Å². The highest BCUT2D eigenvalue weighted by Crippen LogP contribution is 2.27. The molecule has 0 aliphatic carbocycles. The molecule has 0 fully saturated rings. The number of carbonyl (C=O) groups is 1. The first-order valence-corrected chi connectivity index (χ1v) is 7.13. The summed E-state index contributed by atoms with van der Waals surface area (Å²) in [5, 5.41) is 5.76. The highest BCUT2D eigenvalue weighted by atomic mass is 79.9. The molecule has 0 aliphatic rings. The molecule has 0 radical (unpaired) electrons. The number of aryl methyl sites for hydroxylation is 1. The topological polar surface area (TPSA) is 63.2 Å². The van der Waals surface area contributed by atoms with E-state index >= 15 is 0 Å². The molecule has 21 heavy (non-hydrogen) atoms. The lowest BCUT2D eigenvalue weighted by Gasteiger charge is -2.13. The van der Waals surface area contributed by atoms with Crippen LogP contribution in [0.15, 0.2) is 34.9 Å². The molecule has 2 N–H and O–H groups in total. The third kappa shape index (κ3) is 3.52. The molecule has 0 saturated heterocycles. The van der Waals surface area contributed by atoms with Crippen LogP contribution in [-0.2, 0) is 0 Å². The summed E-state index contributed by atoms with van der Waals surface area (Å²) < 4.78 is 6.00. The van der Waals surface area contributed by atoms with E-state index < -0.39 is 0 Å². The summed E-state index contributed by atoms with van der Waals surface area (Å²) in [4.78, 5) is 16.6. The molecule has 6 heteroatoms. The summed E-state index contributed by atoms with van der Waals surface area (Å²) in [6.07, 6.45) is 1.63. The van der Waals surface area contributed by atoms with Crippen molar-refractivity contribution in [2.45, 2.75) is 6.92 Å². The number of hydrogen-bond donors (Lipinski definition) is 2. The predicted octanol–water partition coefficient (Wildman–Crippen LogP) is 3.46. The minimum Gasteiger partial charge on any atom is -0.495 e. The van der Waals surface area contributed by atoms with E-state index in [0.717, 1.165) is 10.0 Å². The Labute approximate surface area is 131 Å². The standard InChI is InChI=1S/C15H16BrN3O2/c1-9-4-5-13(21-3)12(6-9)19-15(20)11-7-10(16)8-18-14(11)17-2/h4-8H,1-3H3,(H,17,18)(H,19,20). The van der Waals surface area contributed by atoms with Gasteiger partial charge in [0.2, 0.25) is 0 Å². The molecule has 0 atom stereocenters. The first-order valence-electron chi connectivity index (χ1n) is 6.34. The minimum absolute atomic E-state index is 0.253. The second-order valence-corrected chi connectivity index (χ2v) is 5.37. The van der Waals surface area contributed by atoms with Crippen molar-refractivity contribution >= 4 is 33.3 Å². The molecule has 110 valence electrons. The van der Waals surface area contributed by atoms with Gasteiger partial charge in [0.1, 0.15) is 11.6 Å². The van der Waals surface area contributed by atoms with Crippen LogP contribution in [0.1, 0.15) is 15.9 Å². The Hall–Kier alpha value is -2.08. The summed E-state index contributed by atoms with van der Waals surface area (Å²) >= 11 is 3.32. The van der Waals surface area contributed by atoms with Gasteiger partial charge in [-0.25, -0.2) is 4.98 Å². The average molecular weight is 350 g/mol. The van der Waals surface area contributed by atoms with Crippen LogP contribution >= 0.6 is 15.9 Å². The number of halogens is 1. The maximum atomic E-state index is 12.5. The monoisotopic (exact) mass is 349 g/mol. The largest absolute Gasteiger partial charge is 0.495 e. The molecule has 2 rings (SSSR count). The van der Waals surface area contributed by atoms with Crippen LogP contribution in [0.4, 0.5) is 11.5 Å². The average Bonchev–Trinajstić information content (AvgIpc) is 2.47. The van der Waals surface area contributed by atoms with Crippen LogP contribution < -0.4 is 15.4 Å². The second-order valence-electron chi connectivity index (χ2n) is 4.46. The van der Waals surface area contributed by atoms with Gasteiger partial charge in [0.25, 0.3) is 5.91 Å². The lowest BCUT2D eigenvalue weighted by molar-refractivity contribution is 0.102. The molecule has 0 unspecified atom stereocenters. The van der Waals surface area contributed by atoms with Crippen LogP contribution in [0.3, 0.4) is 0 Å². The van der Waals surface area contributed by atoms with Crippen molar-refractivity contribution in [3.05, 3.63) is 46.1 Å². The van der Waals surface area contributed by atoms with Crippen molar-refractivity contribution in [1.29, 1.82) is 0 Å². The van der Waals surface area contributed by atoms with E-state index in [-0.39, 0.29) is 5.91 Å². The van der Waals surface area contributed by atoms with Gasteiger partial charge in [-0.05, 0) is 46.6 Å². The minimum atomic E-state index is -0.253. The van der Waals surface area contributed by atoms with Gasteiger partial charge in [0, 0.05) is 17.7 Å². The number of ether oxygens (including phenoxy) is 1. The molecule has 2 aromatic rings. The van der Waals surface area contributed by atoms with Gasteiger partial charge in [-0.2, -0.15) is 0 Å². The molecule has 1 heterocycles. The van der Waals surface area contributed by atoms with E-state index in [1.54, 1.807) is 26.4 Å². The number of benzene rings is 1. The number of methoxy groups -OCH3 is 1.